The summed E-state index contributed by atoms with van der Waals surface area (Å²) in [7, 11) is 0. The molecule has 10 aromatic carbocycles. The van der Waals surface area contributed by atoms with Crippen molar-refractivity contribution in [1.82, 2.24) is 9.13 Å². The Bertz CT molecular complexity index is 3850. The van der Waals surface area contributed by atoms with E-state index in [2.05, 4.69) is 238 Å². The first-order chi connectivity index (χ1) is 32.2. The number of fused-ring (bicyclic) bond motifs is 12. The molecule has 4 aromatic heterocycles. The molecule has 0 spiro atoms. The van der Waals surface area contributed by atoms with Crippen molar-refractivity contribution in [3.63, 3.8) is 0 Å². The second-order valence-corrected chi connectivity index (χ2v) is 16.9. The van der Waals surface area contributed by atoms with Crippen LogP contribution in [0.1, 0.15) is 0 Å². The number of furan rings is 2. The fraction of sp³-hybridized carbons (Fsp3) is 0. The molecular weight excluding hydrogens is 795 g/mol. The number of rotatable bonds is 6. The molecule has 0 saturated carbocycles. The van der Waals surface area contributed by atoms with Crippen molar-refractivity contribution in [2.24, 2.45) is 0 Å². The zero-order chi connectivity index (χ0) is 42.6. The molecular formula is C60H37N3O2. The molecule has 14 rings (SSSR count). The summed E-state index contributed by atoms with van der Waals surface area (Å²) in [6.45, 7) is 0. The Kier molecular flexibility index (Phi) is 7.62. The van der Waals surface area contributed by atoms with E-state index in [0.717, 1.165) is 77.9 Å². The van der Waals surface area contributed by atoms with E-state index in [9.17, 15) is 0 Å². The highest BCUT2D eigenvalue weighted by Crippen LogP contribution is 2.45. The van der Waals surface area contributed by atoms with Crippen molar-refractivity contribution in [2.75, 3.05) is 4.90 Å². The molecule has 0 fully saturated rings. The van der Waals surface area contributed by atoms with E-state index in [-0.39, 0.29) is 0 Å². The van der Waals surface area contributed by atoms with Gasteiger partial charge in [0.05, 0.1) is 44.2 Å². The van der Waals surface area contributed by atoms with E-state index in [4.69, 9.17) is 8.83 Å². The van der Waals surface area contributed by atoms with E-state index < -0.39 is 0 Å². The first-order valence-corrected chi connectivity index (χ1v) is 22.1. The van der Waals surface area contributed by atoms with Crippen LogP contribution >= 0.6 is 0 Å². The van der Waals surface area contributed by atoms with Gasteiger partial charge in [0, 0.05) is 61.5 Å². The number of hydrogen-bond acceptors (Lipinski definition) is 3. The molecule has 14 aromatic rings. The Morgan fingerprint density at radius 3 is 1.11 bits per heavy atom. The summed E-state index contributed by atoms with van der Waals surface area (Å²) in [6.07, 6.45) is 0. The number of aromatic nitrogens is 2. The topological polar surface area (TPSA) is 39.4 Å². The van der Waals surface area contributed by atoms with Crippen LogP contribution in [-0.2, 0) is 0 Å². The predicted octanol–water partition coefficient (Wildman–Crippen LogP) is 16.8. The zero-order valence-electron chi connectivity index (χ0n) is 35.0. The Hall–Kier alpha value is -8.80. The summed E-state index contributed by atoms with van der Waals surface area (Å²) in [5, 5.41) is 9.21. The Morgan fingerprint density at radius 1 is 0.277 bits per heavy atom. The average Bonchev–Trinajstić information content (AvgIpc) is 4.12. The normalized spacial score (nSPS) is 12.0. The summed E-state index contributed by atoms with van der Waals surface area (Å²) >= 11 is 0. The zero-order valence-corrected chi connectivity index (χ0v) is 35.0. The van der Waals surface area contributed by atoms with Crippen LogP contribution in [0.2, 0.25) is 0 Å². The SMILES string of the molecule is c1ccc(-c2ccc(N(c3ccc4c(c3)oc3cccc(-n5c6ccccc6c6ccccc65)c34)c3ccc4c(c3)oc3cccc(-n5c6ccccc6c6ccccc65)c34)cc2)cc1. The fourth-order valence-electron chi connectivity index (χ4n) is 10.5. The van der Waals surface area contributed by atoms with Crippen LogP contribution in [0.25, 0.3) is 110 Å². The van der Waals surface area contributed by atoms with Crippen LogP contribution in [0.5, 0.6) is 0 Å². The number of nitrogens with zero attached hydrogens (tertiary/aromatic N) is 3. The van der Waals surface area contributed by atoms with Gasteiger partial charge in [0.25, 0.3) is 0 Å². The van der Waals surface area contributed by atoms with Gasteiger partial charge in [-0.05, 0) is 96.1 Å². The minimum Gasteiger partial charge on any atom is -0.456 e. The van der Waals surface area contributed by atoms with E-state index in [0.29, 0.717) is 0 Å². The van der Waals surface area contributed by atoms with Crippen molar-refractivity contribution in [3.05, 3.63) is 224 Å². The van der Waals surface area contributed by atoms with Crippen molar-refractivity contribution in [3.8, 4) is 22.5 Å². The van der Waals surface area contributed by atoms with Crippen molar-refractivity contribution < 1.29 is 8.83 Å². The van der Waals surface area contributed by atoms with Crippen LogP contribution in [-0.4, -0.2) is 9.13 Å². The number of benzene rings is 10. The van der Waals surface area contributed by atoms with Gasteiger partial charge in [-0.25, -0.2) is 0 Å². The quantitative estimate of drug-likeness (QED) is 0.168. The molecule has 65 heavy (non-hydrogen) atoms. The number of anilines is 3. The lowest BCUT2D eigenvalue weighted by molar-refractivity contribution is 0.669. The molecule has 304 valence electrons. The maximum Gasteiger partial charge on any atom is 0.137 e. The van der Waals surface area contributed by atoms with Crippen LogP contribution < -0.4 is 4.90 Å². The van der Waals surface area contributed by atoms with Crippen molar-refractivity contribution >= 4 is 105 Å². The molecule has 0 atom stereocenters. The van der Waals surface area contributed by atoms with Crippen LogP contribution in [0.3, 0.4) is 0 Å². The molecule has 0 aliphatic carbocycles. The lowest BCUT2D eigenvalue weighted by Crippen LogP contribution is -2.09. The van der Waals surface area contributed by atoms with Gasteiger partial charge in [0.15, 0.2) is 0 Å². The predicted molar refractivity (Wildman–Crippen MR) is 270 cm³/mol. The van der Waals surface area contributed by atoms with Gasteiger partial charge in [0.2, 0.25) is 0 Å². The summed E-state index contributed by atoms with van der Waals surface area (Å²) in [5.41, 5.74) is 15.5. The van der Waals surface area contributed by atoms with Gasteiger partial charge < -0.3 is 22.9 Å². The molecule has 0 saturated heterocycles. The van der Waals surface area contributed by atoms with Crippen LogP contribution in [0, 0.1) is 0 Å². The third kappa shape index (κ3) is 5.33. The molecule has 0 N–H and O–H groups in total. The minimum atomic E-state index is 0.817. The monoisotopic (exact) mass is 831 g/mol. The molecule has 5 nitrogen and oxygen atoms in total. The number of hydrogen-bond donors (Lipinski definition) is 0. The maximum absolute atomic E-state index is 6.81. The minimum absolute atomic E-state index is 0.817. The van der Waals surface area contributed by atoms with Gasteiger partial charge >= 0.3 is 0 Å². The molecule has 0 unspecified atom stereocenters. The van der Waals surface area contributed by atoms with E-state index >= 15 is 0 Å². The second kappa shape index (κ2) is 13.9. The highest BCUT2D eigenvalue weighted by Gasteiger charge is 2.22. The second-order valence-electron chi connectivity index (χ2n) is 16.9. The summed E-state index contributed by atoms with van der Waals surface area (Å²) in [5.74, 6) is 0. The first-order valence-electron chi connectivity index (χ1n) is 22.1. The summed E-state index contributed by atoms with van der Waals surface area (Å²) in [4.78, 5) is 2.30. The molecule has 4 heterocycles. The lowest BCUT2D eigenvalue weighted by Gasteiger charge is -2.25. The van der Waals surface area contributed by atoms with E-state index in [1.165, 1.54) is 49.2 Å². The van der Waals surface area contributed by atoms with Gasteiger partial charge in [-0.15, -0.1) is 0 Å². The molecule has 0 amide bonds. The summed E-state index contributed by atoms with van der Waals surface area (Å²) in [6, 6.07) is 79.9. The summed E-state index contributed by atoms with van der Waals surface area (Å²) < 4.78 is 18.4. The van der Waals surface area contributed by atoms with Gasteiger partial charge in [-0.1, -0.05) is 127 Å². The largest absolute Gasteiger partial charge is 0.456 e. The standard InChI is InChI=1S/C60H37N3O2/c1-2-14-38(15-3-1)39-28-30-40(31-29-39)61(41-32-34-47-57(36-41)64-55-26-12-24-53(59(47)55)62-49-20-8-4-16-43(49)44-17-5-9-21-50(44)62)42-33-35-48-58(37-42)65-56-27-13-25-54(60(48)56)63-51-22-10-6-18-45(51)46-19-7-11-23-52(46)63/h1-37H. The third-order valence-electron chi connectivity index (χ3n) is 13.3. The highest BCUT2D eigenvalue weighted by atomic mass is 16.3. The van der Waals surface area contributed by atoms with Crippen LogP contribution in [0.4, 0.5) is 17.1 Å². The highest BCUT2D eigenvalue weighted by molar-refractivity contribution is 6.16. The van der Waals surface area contributed by atoms with Gasteiger partial charge in [-0.2, -0.15) is 0 Å². The van der Waals surface area contributed by atoms with Gasteiger partial charge in [-0.3, -0.25) is 0 Å². The van der Waals surface area contributed by atoms with E-state index in [1.807, 2.05) is 0 Å². The van der Waals surface area contributed by atoms with Crippen molar-refractivity contribution in [2.45, 2.75) is 0 Å². The molecule has 0 radical (unpaired) electrons. The smallest absolute Gasteiger partial charge is 0.137 e. The Balaban J connectivity index is 0.953. The number of para-hydroxylation sites is 4. The molecule has 0 bridgehead atoms. The fourth-order valence-corrected chi connectivity index (χ4v) is 10.5. The molecule has 0 aliphatic heterocycles. The Labute approximate surface area is 372 Å². The maximum atomic E-state index is 6.81. The average molecular weight is 832 g/mol. The van der Waals surface area contributed by atoms with Crippen molar-refractivity contribution in [1.29, 1.82) is 0 Å². The lowest BCUT2D eigenvalue weighted by atomic mass is 10.0. The first kappa shape index (κ1) is 35.8. The van der Waals surface area contributed by atoms with Crippen LogP contribution in [0.15, 0.2) is 233 Å². The van der Waals surface area contributed by atoms with E-state index in [1.54, 1.807) is 0 Å². The Morgan fingerprint density at radius 2 is 0.662 bits per heavy atom. The van der Waals surface area contributed by atoms with Gasteiger partial charge in [0.1, 0.15) is 22.3 Å². The molecule has 5 heteroatoms. The third-order valence-corrected chi connectivity index (χ3v) is 13.3. The molecule has 0 aliphatic rings.